The van der Waals surface area contributed by atoms with Crippen molar-refractivity contribution < 1.29 is 17.9 Å². The maximum absolute atomic E-state index is 12.3. The van der Waals surface area contributed by atoms with Crippen LogP contribution in [0.5, 0.6) is 5.75 Å². The SMILES string of the molecule is CC(C)Oc1ccccc1NCCC(=O)N(C)C1CCS(=O)(=O)C1. The molecule has 1 saturated heterocycles. The van der Waals surface area contributed by atoms with E-state index in [1.807, 2.05) is 38.1 Å². The molecule has 1 fully saturated rings. The van der Waals surface area contributed by atoms with Crippen molar-refractivity contribution in [3.8, 4) is 5.75 Å². The first-order valence-electron chi connectivity index (χ1n) is 8.24. The van der Waals surface area contributed by atoms with E-state index in [9.17, 15) is 13.2 Å². The van der Waals surface area contributed by atoms with Gasteiger partial charge in [0.1, 0.15) is 5.75 Å². The highest BCUT2D eigenvalue weighted by molar-refractivity contribution is 7.91. The first kappa shape index (κ1) is 18.6. The Morgan fingerprint density at radius 1 is 1.38 bits per heavy atom. The van der Waals surface area contributed by atoms with Crippen molar-refractivity contribution in [3.05, 3.63) is 24.3 Å². The average molecular weight is 354 g/mol. The standard InChI is InChI=1S/C17H26N2O4S/c1-13(2)23-16-7-5-4-6-15(16)18-10-8-17(20)19(3)14-9-11-24(21,22)12-14/h4-7,13-14,18H,8-12H2,1-3H3. The Balaban J connectivity index is 1.85. The fourth-order valence-corrected chi connectivity index (χ4v) is 4.51. The summed E-state index contributed by atoms with van der Waals surface area (Å²) >= 11 is 0. The second-order valence-corrected chi connectivity index (χ2v) is 8.63. The highest BCUT2D eigenvalue weighted by atomic mass is 32.2. The lowest BCUT2D eigenvalue weighted by Crippen LogP contribution is -2.38. The maximum Gasteiger partial charge on any atom is 0.224 e. The molecule has 1 heterocycles. The molecule has 1 atom stereocenters. The summed E-state index contributed by atoms with van der Waals surface area (Å²) in [5.41, 5.74) is 0.852. The van der Waals surface area contributed by atoms with Gasteiger partial charge in [0.15, 0.2) is 9.84 Å². The molecule has 7 heteroatoms. The van der Waals surface area contributed by atoms with Crippen molar-refractivity contribution in [1.82, 2.24) is 4.90 Å². The zero-order chi connectivity index (χ0) is 17.7. The minimum Gasteiger partial charge on any atom is -0.489 e. The average Bonchev–Trinajstić information content (AvgIpc) is 2.87. The van der Waals surface area contributed by atoms with Gasteiger partial charge in [-0.25, -0.2) is 8.42 Å². The van der Waals surface area contributed by atoms with Crippen LogP contribution in [0.25, 0.3) is 0 Å². The van der Waals surface area contributed by atoms with Crippen molar-refractivity contribution in [2.45, 2.75) is 38.8 Å². The van der Waals surface area contributed by atoms with E-state index in [1.54, 1.807) is 11.9 Å². The first-order valence-corrected chi connectivity index (χ1v) is 10.1. The molecular formula is C17H26N2O4S. The molecule has 1 aliphatic heterocycles. The number of hydrogen-bond acceptors (Lipinski definition) is 5. The van der Waals surface area contributed by atoms with Gasteiger partial charge < -0.3 is 15.0 Å². The summed E-state index contributed by atoms with van der Waals surface area (Å²) in [5, 5.41) is 3.22. The normalized spacial score (nSPS) is 19.2. The van der Waals surface area contributed by atoms with Gasteiger partial charge in [-0.15, -0.1) is 0 Å². The van der Waals surface area contributed by atoms with Crippen LogP contribution in [0.2, 0.25) is 0 Å². The summed E-state index contributed by atoms with van der Waals surface area (Å²) in [5.74, 6) is 0.961. The van der Waals surface area contributed by atoms with Gasteiger partial charge in [-0.1, -0.05) is 12.1 Å². The number of carbonyl (C=O) groups excluding carboxylic acids is 1. The molecule has 0 aliphatic carbocycles. The van der Waals surface area contributed by atoms with Gasteiger partial charge in [0.2, 0.25) is 5.91 Å². The highest BCUT2D eigenvalue weighted by Gasteiger charge is 2.32. The van der Waals surface area contributed by atoms with Crippen molar-refractivity contribution >= 4 is 21.4 Å². The maximum atomic E-state index is 12.3. The quantitative estimate of drug-likeness (QED) is 0.810. The first-order chi connectivity index (χ1) is 11.3. The van der Waals surface area contributed by atoms with E-state index in [-0.39, 0.29) is 29.6 Å². The molecule has 1 amide bonds. The Bertz CT molecular complexity index is 673. The number of ether oxygens (including phenoxy) is 1. The van der Waals surface area contributed by atoms with Crippen molar-refractivity contribution in [2.24, 2.45) is 0 Å². The molecule has 0 radical (unpaired) electrons. The summed E-state index contributed by atoms with van der Waals surface area (Å²) in [7, 11) is -1.30. The number of nitrogens with zero attached hydrogens (tertiary/aromatic N) is 1. The number of rotatable bonds is 7. The van der Waals surface area contributed by atoms with Crippen LogP contribution < -0.4 is 10.1 Å². The fraction of sp³-hybridized carbons (Fsp3) is 0.588. The molecule has 0 aromatic heterocycles. The molecule has 0 bridgehead atoms. The lowest BCUT2D eigenvalue weighted by molar-refractivity contribution is -0.131. The molecule has 2 rings (SSSR count). The van der Waals surface area contributed by atoms with Crippen molar-refractivity contribution in [3.63, 3.8) is 0 Å². The van der Waals surface area contributed by atoms with E-state index in [4.69, 9.17) is 4.74 Å². The number of benzene rings is 1. The van der Waals surface area contributed by atoms with Crippen LogP contribution in [-0.4, -0.2) is 56.5 Å². The van der Waals surface area contributed by atoms with E-state index in [0.717, 1.165) is 11.4 Å². The van der Waals surface area contributed by atoms with Gasteiger partial charge in [-0.2, -0.15) is 0 Å². The van der Waals surface area contributed by atoms with E-state index >= 15 is 0 Å². The lowest BCUT2D eigenvalue weighted by Gasteiger charge is -2.23. The number of nitrogens with one attached hydrogen (secondary N) is 1. The number of amides is 1. The largest absolute Gasteiger partial charge is 0.489 e. The van der Waals surface area contributed by atoms with E-state index in [0.29, 0.717) is 19.4 Å². The third kappa shape index (κ3) is 5.12. The van der Waals surface area contributed by atoms with Crippen LogP contribution in [0.1, 0.15) is 26.7 Å². The molecule has 0 spiro atoms. The van der Waals surface area contributed by atoms with Gasteiger partial charge in [0.25, 0.3) is 0 Å². The predicted octanol–water partition coefficient (Wildman–Crippen LogP) is 1.92. The molecule has 1 aliphatic rings. The summed E-state index contributed by atoms with van der Waals surface area (Å²) in [6.07, 6.45) is 0.914. The molecular weight excluding hydrogens is 328 g/mol. The molecule has 1 aromatic carbocycles. The number of sulfone groups is 1. The molecule has 1 N–H and O–H groups in total. The number of carbonyl (C=O) groups is 1. The monoisotopic (exact) mass is 354 g/mol. The highest BCUT2D eigenvalue weighted by Crippen LogP contribution is 2.25. The van der Waals surface area contributed by atoms with Gasteiger partial charge in [-0.05, 0) is 32.4 Å². The van der Waals surface area contributed by atoms with E-state index < -0.39 is 9.84 Å². The smallest absolute Gasteiger partial charge is 0.224 e. The summed E-state index contributed by atoms with van der Waals surface area (Å²) in [4.78, 5) is 13.8. The Hall–Kier alpha value is -1.76. The van der Waals surface area contributed by atoms with Crippen LogP contribution >= 0.6 is 0 Å². The third-order valence-corrected chi connectivity index (χ3v) is 5.80. The minimum atomic E-state index is -2.98. The van der Waals surface area contributed by atoms with Gasteiger partial charge >= 0.3 is 0 Å². The van der Waals surface area contributed by atoms with Crippen LogP contribution in [-0.2, 0) is 14.6 Å². The van der Waals surface area contributed by atoms with Crippen molar-refractivity contribution in [1.29, 1.82) is 0 Å². The molecule has 1 unspecified atom stereocenters. The Kier molecular flexibility index (Phi) is 6.10. The molecule has 6 nitrogen and oxygen atoms in total. The predicted molar refractivity (Wildman–Crippen MR) is 95.1 cm³/mol. The van der Waals surface area contributed by atoms with Crippen LogP contribution in [0.3, 0.4) is 0 Å². The number of anilines is 1. The lowest BCUT2D eigenvalue weighted by atomic mass is 10.2. The second kappa shape index (κ2) is 7.88. The molecule has 134 valence electrons. The summed E-state index contributed by atoms with van der Waals surface area (Å²) in [6, 6.07) is 7.42. The molecule has 24 heavy (non-hydrogen) atoms. The van der Waals surface area contributed by atoms with Crippen LogP contribution in [0.4, 0.5) is 5.69 Å². The Morgan fingerprint density at radius 2 is 2.08 bits per heavy atom. The topological polar surface area (TPSA) is 75.7 Å². The zero-order valence-corrected chi connectivity index (χ0v) is 15.3. The fourth-order valence-electron chi connectivity index (χ4n) is 2.73. The van der Waals surface area contributed by atoms with Gasteiger partial charge in [0, 0.05) is 26.1 Å². The Labute approximate surface area is 144 Å². The van der Waals surface area contributed by atoms with Crippen LogP contribution in [0, 0.1) is 0 Å². The van der Waals surface area contributed by atoms with E-state index in [2.05, 4.69) is 5.32 Å². The van der Waals surface area contributed by atoms with Gasteiger partial charge in [0.05, 0.1) is 23.3 Å². The minimum absolute atomic E-state index is 0.0492. The zero-order valence-electron chi connectivity index (χ0n) is 14.5. The summed E-state index contributed by atoms with van der Waals surface area (Å²) < 4.78 is 28.8. The Morgan fingerprint density at radius 3 is 2.71 bits per heavy atom. The third-order valence-electron chi connectivity index (χ3n) is 4.05. The van der Waals surface area contributed by atoms with Crippen LogP contribution in [0.15, 0.2) is 24.3 Å². The summed E-state index contributed by atoms with van der Waals surface area (Å²) in [6.45, 7) is 4.40. The second-order valence-electron chi connectivity index (χ2n) is 6.40. The van der Waals surface area contributed by atoms with Gasteiger partial charge in [-0.3, -0.25) is 4.79 Å². The van der Waals surface area contributed by atoms with E-state index in [1.165, 1.54) is 0 Å². The number of hydrogen-bond donors (Lipinski definition) is 1. The van der Waals surface area contributed by atoms with Crippen molar-refractivity contribution in [2.75, 3.05) is 30.4 Å². The molecule has 1 aromatic rings. The number of para-hydroxylation sites is 2. The molecule has 0 saturated carbocycles.